The minimum Gasteiger partial charge on any atom is -0.309 e. The topological polar surface area (TPSA) is 9.86 Å². The maximum atomic E-state index is 2.41. The normalized spacial score (nSPS) is 11.9. The van der Waals surface area contributed by atoms with Gasteiger partial charge < -0.3 is 9.13 Å². The van der Waals surface area contributed by atoms with Crippen LogP contribution in [-0.2, 0) is 0 Å². The molecule has 0 aliphatic rings. The number of nitrogens with zero attached hydrogens (tertiary/aromatic N) is 2. The van der Waals surface area contributed by atoms with E-state index in [4.69, 9.17) is 0 Å². The van der Waals surface area contributed by atoms with Gasteiger partial charge >= 0.3 is 0 Å². The Morgan fingerprint density at radius 3 is 1.39 bits per heavy atom. The van der Waals surface area contributed by atoms with Crippen molar-refractivity contribution in [3.8, 4) is 44.8 Å². The van der Waals surface area contributed by atoms with Crippen molar-refractivity contribution in [1.82, 2.24) is 9.13 Å². The van der Waals surface area contributed by atoms with E-state index in [1.54, 1.807) is 0 Å². The first-order valence-electron chi connectivity index (χ1n) is 21.4. The summed E-state index contributed by atoms with van der Waals surface area (Å²) >= 11 is 0. The first-order chi connectivity index (χ1) is 30.7. The van der Waals surface area contributed by atoms with Gasteiger partial charge in [0.15, 0.2) is 0 Å². The molecular weight excluding hydrogens is 749 g/mol. The van der Waals surface area contributed by atoms with Gasteiger partial charge in [0.2, 0.25) is 0 Å². The van der Waals surface area contributed by atoms with Crippen LogP contribution in [0.1, 0.15) is 0 Å². The average molecular weight is 787 g/mol. The summed E-state index contributed by atoms with van der Waals surface area (Å²) in [6, 6.07) is 84.7. The van der Waals surface area contributed by atoms with Crippen LogP contribution in [0.4, 0.5) is 0 Å². The quantitative estimate of drug-likeness (QED) is 0.154. The number of rotatable bonds is 5. The fraction of sp³-hybridized carbons (Fsp3) is 0. The fourth-order valence-corrected chi connectivity index (χ4v) is 10.2. The zero-order chi connectivity index (χ0) is 40.7. The number of hydrogen-bond acceptors (Lipinski definition) is 0. The summed E-state index contributed by atoms with van der Waals surface area (Å²) in [6.45, 7) is 0. The zero-order valence-electron chi connectivity index (χ0n) is 33.8. The number of fused-ring (bicyclic) bond motifs is 11. The van der Waals surface area contributed by atoms with Gasteiger partial charge in [0.05, 0.1) is 22.1 Å². The van der Waals surface area contributed by atoms with Crippen molar-refractivity contribution in [3.63, 3.8) is 0 Å². The number of hydrogen-bond donors (Lipinski definition) is 0. The van der Waals surface area contributed by atoms with E-state index in [1.807, 2.05) is 0 Å². The maximum Gasteiger partial charge on any atom is 0.0541 e. The molecule has 13 aromatic rings. The predicted molar refractivity (Wildman–Crippen MR) is 264 cm³/mol. The Kier molecular flexibility index (Phi) is 7.64. The highest BCUT2D eigenvalue weighted by atomic mass is 15.0. The molecule has 0 aliphatic heterocycles. The Balaban J connectivity index is 0.884. The van der Waals surface area contributed by atoms with E-state index in [0.717, 1.165) is 5.69 Å². The molecule has 0 saturated carbocycles. The summed E-state index contributed by atoms with van der Waals surface area (Å²) in [7, 11) is 0. The molecule has 0 aliphatic carbocycles. The van der Waals surface area contributed by atoms with Crippen molar-refractivity contribution < 1.29 is 0 Å². The number of benzene rings is 11. The average Bonchev–Trinajstić information content (AvgIpc) is 3.86. The van der Waals surface area contributed by atoms with Crippen molar-refractivity contribution in [1.29, 1.82) is 0 Å². The van der Waals surface area contributed by atoms with Crippen molar-refractivity contribution in [2.45, 2.75) is 0 Å². The lowest BCUT2D eigenvalue weighted by molar-refractivity contribution is 1.18. The van der Waals surface area contributed by atoms with Gasteiger partial charge in [-0.25, -0.2) is 0 Å². The molecule has 2 heteroatoms. The van der Waals surface area contributed by atoms with Crippen molar-refractivity contribution in [2.24, 2.45) is 0 Å². The van der Waals surface area contributed by atoms with Gasteiger partial charge in [0.25, 0.3) is 0 Å². The molecule has 62 heavy (non-hydrogen) atoms. The Morgan fingerprint density at radius 1 is 0.226 bits per heavy atom. The minimum atomic E-state index is 1.15. The molecule has 2 heterocycles. The molecule has 0 unspecified atom stereocenters. The van der Waals surface area contributed by atoms with Gasteiger partial charge in [-0.05, 0) is 138 Å². The predicted octanol–water partition coefficient (Wildman–Crippen LogP) is 16.3. The van der Waals surface area contributed by atoms with Gasteiger partial charge in [-0.15, -0.1) is 0 Å². The van der Waals surface area contributed by atoms with Crippen LogP contribution in [0.2, 0.25) is 0 Å². The minimum absolute atomic E-state index is 1.15. The third-order valence-corrected chi connectivity index (χ3v) is 13.1. The largest absolute Gasteiger partial charge is 0.309 e. The van der Waals surface area contributed by atoms with E-state index >= 15 is 0 Å². The van der Waals surface area contributed by atoms with Crippen molar-refractivity contribution in [3.05, 3.63) is 231 Å². The van der Waals surface area contributed by atoms with E-state index in [1.165, 1.54) is 115 Å². The van der Waals surface area contributed by atoms with Gasteiger partial charge in [-0.1, -0.05) is 158 Å². The summed E-state index contributed by atoms with van der Waals surface area (Å²) in [6.07, 6.45) is 0. The highest BCUT2D eigenvalue weighted by molar-refractivity contribution is 6.23. The smallest absolute Gasteiger partial charge is 0.0541 e. The van der Waals surface area contributed by atoms with Gasteiger partial charge in [0, 0.05) is 32.9 Å². The molecule has 288 valence electrons. The van der Waals surface area contributed by atoms with Crippen molar-refractivity contribution >= 4 is 75.9 Å². The van der Waals surface area contributed by atoms with Crippen LogP contribution in [0.15, 0.2) is 231 Å². The van der Waals surface area contributed by atoms with Gasteiger partial charge in [0.1, 0.15) is 0 Å². The Bertz CT molecular complexity index is 3900. The summed E-state index contributed by atoms with van der Waals surface area (Å²) < 4.78 is 4.79. The Hall–Kier alpha value is -8.20. The lowest BCUT2D eigenvalue weighted by Gasteiger charge is -2.14. The highest BCUT2D eigenvalue weighted by Gasteiger charge is 2.17. The fourth-order valence-electron chi connectivity index (χ4n) is 10.2. The SMILES string of the molecule is c1ccc(-n2c3ccccc3c3cc(-c4ccc5c(c4)c4ccccc4n5-c4ccc(-c5cccc(-c6cc7ccc8ccccc8c7c7ccccc67)c5)cc4)ccc32)cc1. The van der Waals surface area contributed by atoms with Crippen LogP contribution in [0.3, 0.4) is 0 Å². The van der Waals surface area contributed by atoms with E-state index in [9.17, 15) is 0 Å². The van der Waals surface area contributed by atoms with Crippen LogP contribution in [0.25, 0.3) is 121 Å². The van der Waals surface area contributed by atoms with Gasteiger partial charge in [-0.3, -0.25) is 0 Å². The lowest BCUT2D eigenvalue weighted by Crippen LogP contribution is -1.94. The molecule has 11 aromatic carbocycles. The molecule has 0 radical (unpaired) electrons. The maximum absolute atomic E-state index is 2.41. The van der Waals surface area contributed by atoms with Gasteiger partial charge in [-0.2, -0.15) is 0 Å². The molecule has 2 nitrogen and oxygen atoms in total. The Morgan fingerprint density at radius 2 is 0.710 bits per heavy atom. The molecule has 2 aromatic heterocycles. The first kappa shape index (κ1) is 34.6. The standard InChI is InChI=1S/C60H38N2/c1-2-16-46(17-3-1)61-56-23-10-8-20-50(56)54-36-42(29-33-58(54)61)43-30-34-59-55(37-43)51-21-9-11-24-57(51)62(59)47-31-27-39(28-32-47)41-14-12-15-44(35-41)53-38-45-26-25-40-13-4-5-18-48(40)60(45)52-22-7-6-19-49(52)53/h1-38H. The molecule has 0 spiro atoms. The van der Waals surface area contributed by atoms with E-state index < -0.39 is 0 Å². The second kappa shape index (κ2) is 13.7. The molecule has 13 rings (SSSR count). The second-order valence-corrected chi connectivity index (χ2v) is 16.5. The number of para-hydroxylation sites is 3. The molecular formula is C60H38N2. The first-order valence-corrected chi connectivity index (χ1v) is 21.4. The molecule has 0 amide bonds. The van der Waals surface area contributed by atoms with Crippen LogP contribution < -0.4 is 0 Å². The monoisotopic (exact) mass is 786 g/mol. The van der Waals surface area contributed by atoms with Crippen LogP contribution in [0.5, 0.6) is 0 Å². The van der Waals surface area contributed by atoms with E-state index in [2.05, 4.69) is 240 Å². The third-order valence-electron chi connectivity index (χ3n) is 13.1. The molecule has 0 fully saturated rings. The summed E-state index contributed by atoms with van der Waals surface area (Å²) in [4.78, 5) is 0. The van der Waals surface area contributed by atoms with E-state index in [-0.39, 0.29) is 0 Å². The third kappa shape index (κ3) is 5.30. The highest BCUT2D eigenvalue weighted by Crippen LogP contribution is 2.41. The molecule has 0 bridgehead atoms. The Labute approximate surface area is 358 Å². The molecule has 0 saturated heterocycles. The second-order valence-electron chi connectivity index (χ2n) is 16.5. The van der Waals surface area contributed by atoms with Crippen LogP contribution >= 0.6 is 0 Å². The number of aromatic nitrogens is 2. The molecule has 0 atom stereocenters. The van der Waals surface area contributed by atoms with Crippen molar-refractivity contribution in [2.75, 3.05) is 0 Å². The summed E-state index contributed by atoms with van der Waals surface area (Å²) in [5.41, 5.74) is 14.4. The molecule has 0 N–H and O–H groups in total. The van der Waals surface area contributed by atoms with E-state index in [0.29, 0.717) is 0 Å². The zero-order valence-corrected chi connectivity index (χ0v) is 33.8. The van der Waals surface area contributed by atoms with Crippen LogP contribution in [0, 0.1) is 0 Å². The summed E-state index contributed by atoms with van der Waals surface area (Å²) in [5, 5.41) is 12.7. The lowest BCUT2D eigenvalue weighted by atomic mass is 9.90. The van der Waals surface area contributed by atoms with Crippen LogP contribution in [-0.4, -0.2) is 9.13 Å². The summed E-state index contributed by atoms with van der Waals surface area (Å²) in [5.74, 6) is 0.